The highest BCUT2D eigenvalue weighted by atomic mass is 16.5. The highest BCUT2D eigenvalue weighted by molar-refractivity contribution is 5.96. The van der Waals surface area contributed by atoms with Gasteiger partial charge in [-0.15, -0.1) is 0 Å². The van der Waals surface area contributed by atoms with E-state index in [1.807, 2.05) is 6.07 Å². The molecule has 0 aliphatic carbocycles. The van der Waals surface area contributed by atoms with Crippen LogP contribution >= 0.6 is 0 Å². The molecule has 0 spiro atoms. The van der Waals surface area contributed by atoms with Gasteiger partial charge in [0.15, 0.2) is 5.58 Å². The van der Waals surface area contributed by atoms with Gasteiger partial charge in [0.25, 0.3) is 5.91 Å². The third-order valence-corrected chi connectivity index (χ3v) is 4.29. The molecule has 1 aromatic heterocycles. The topological polar surface area (TPSA) is 112 Å². The van der Waals surface area contributed by atoms with E-state index in [4.69, 9.17) is 13.9 Å². The molecule has 1 heterocycles. The Bertz CT molecular complexity index is 1060. The van der Waals surface area contributed by atoms with Gasteiger partial charge in [-0.05, 0) is 30.7 Å². The Morgan fingerprint density at radius 3 is 2.41 bits per heavy atom. The predicted molar refractivity (Wildman–Crippen MR) is 105 cm³/mol. The van der Waals surface area contributed by atoms with Crippen molar-refractivity contribution < 1.29 is 23.5 Å². The second kappa shape index (κ2) is 8.96. The van der Waals surface area contributed by atoms with Crippen molar-refractivity contribution in [3.05, 3.63) is 58.6 Å². The Hall–Kier alpha value is -3.75. The maximum absolute atomic E-state index is 12.2. The Balaban J connectivity index is 1.52. The van der Waals surface area contributed by atoms with E-state index in [0.29, 0.717) is 35.6 Å². The molecule has 0 saturated heterocycles. The summed E-state index contributed by atoms with van der Waals surface area (Å²) in [5.74, 6) is -0.439. The largest absolute Gasteiger partial charge is 0.497 e. The monoisotopic (exact) mass is 399 g/mol. The first kappa shape index (κ1) is 20.0. The summed E-state index contributed by atoms with van der Waals surface area (Å²) in [6.45, 7) is 0.324. The number of hydrazine groups is 1. The quantitative estimate of drug-likeness (QED) is 0.587. The zero-order valence-corrected chi connectivity index (χ0v) is 16.1. The average Bonchev–Trinajstić information content (AvgIpc) is 3.06. The minimum atomic E-state index is -0.507. The summed E-state index contributed by atoms with van der Waals surface area (Å²) >= 11 is 0. The molecule has 0 atom stereocenters. The first-order valence-electron chi connectivity index (χ1n) is 8.92. The van der Waals surface area contributed by atoms with Crippen LogP contribution in [0.25, 0.3) is 11.1 Å². The van der Waals surface area contributed by atoms with E-state index >= 15 is 0 Å². The van der Waals surface area contributed by atoms with Crippen LogP contribution in [-0.4, -0.2) is 30.6 Å². The maximum atomic E-state index is 12.2. The van der Waals surface area contributed by atoms with Gasteiger partial charge in [-0.1, -0.05) is 12.1 Å². The third-order valence-electron chi connectivity index (χ3n) is 4.29. The number of rotatable bonds is 7. The molecule has 0 radical (unpaired) electrons. The summed E-state index contributed by atoms with van der Waals surface area (Å²) in [6.07, 6.45) is 0.520. The fourth-order valence-electron chi connectivity index (χ4n) is 2.82. The molecular weight excluding hydrogens is 378 g/mol. The molecule has 3 rings (SSSR count). The second-order valence-corrected chi connectivity index (χ2v) is 6.19. The number of nitrogens with one attached hydrogen (secondary N) is 2. The minimum Gasteiger partial charge on any atom is -0.497 e. The number of carbonyl (C=O) groups excluding carboxylic acids is 2. The van der Waals surface area contributed by atoms with Gasteiger partial charge in [-0.2, -0.15) is 0 Å². The Labute approximate surface area is 166 Å². The fraction of sp³-hybridized carbons (Fsp3) is 0.250. The molecule has 0 aliphatic heterocycles. The molecule has 0 saturated carbocycles. The molecule has 3 aromatic rings. The van der Waals surface area contributed by atoms with Gasteiger partial charge in [0, 0.05) is 24.6 Å². The molecule has 0 bridgehead atoms. The molecule has 2 aromatic carbocycles. The lowest BCUT2D eigenvalue weighted by atomic mass is 10.2. The zero-order valence-electron chi connectivity index (χ0n) is 16.1. The molecule has 0 unspecified atom stereocenters. The smallest absolute Gasteiger partial charge is 0.419 e. The van der Waals surface area contributed by atoms with Crippen LogP contribution in [0.1, 0.15) is 23.2 Å². The van der Waals surface area contributed by atoms with Crippen LogP contribution < -0.4 is 26.1 Å². The van der Waals surface area contributed by atoms with Crippen molar-refractivity contribution in [2.75, 3.05) is 14.2 Å². The van der Waals surface area contributed by atoms with Crippen LogP contribution in [-0.2, 0) is 11.3 Å². The zero-order chi connectivity index (χ0) is 20.8. The van der Waals surface area contributed by atoms with Crippen LogP contribution in [0.5, 0.6) is 11.5 Å². The molecule has 29 heavy (non-hydrogen) atoms. The van der Waals surface area contributed by atoms with E-state index < -0.39 is 11.7 Å². The summed E-state index contributed by atoms with van der Waals surface area (Å²) in [4.78, 5) is 36.2. The van der Waals surface area contributed by atoms with E-state index in [2.05, 4.69) is 10.9 Å². The molecule has 2 N–H and O–H groups in total. The van der Waals surface area contributed by atoms with Gasteiger partial charge in [0.05, 0.1) is 19.7 Å². The highest BCUT2D eigenvalue weighted by Gasteiger charge is 2.12. The summed E-state index contributed by atoms with van der Waals surface area (Å²) in [5, 5.41) is 0. The number of benzene rings is 2. The standard InChI is InChI=1S/C20H21N3O6/c1-27-14-10-13(11-15(12-14)28-2)19(25)22-21-18(24)8-5-9-23-16-6-3-4-7-17(16)29-20(23)26/h3-4,6-7,10-12H,5,8-9H2,1-2H3,(H,21,24)(H,22,25). The van der Waals surface area contributed by atoms with Gasteiger partial charge in [-0.3, -0.25) is 25.0 Å². The lowest BCUT2D eigenvalue weighted by molar-refractivity contribution is -0.122. The first-order chi connectivity index (χ1) is 14.0. The number of fused-ring (bicyclic) bond motifs is 1. The Morgan fingerprint density at radius 1 is 1.03 bits per heavy atom. The molecule has 0 aliphatic rings. The average molecular weight is 399 g/mol. The number of para-hydroxylation sites is 2. The third kappa shape index (κ3) is 4.75. The molecule has 9 nitrogen and oxygen atoms in total. The van der Waals surface area contributed by atoms with Gasteiger partial charge >= 0.3 is 5.76 Å². The number of amides is 2. The molecule has 2 amide bonds. The van der Waals surface area contributed by atoms with Crippen LogP contribution in [0.4, 0.5) is 0 Å². The van der Waals surface area contributed by atoms with Crippen molar-refractivity contribution in [3.63, 3.8) is 0 Å². The lowest BCUT2D eigenvalue weighted by Crippen LogP contribution is -2.41. The summed E-state index contributed by atoms with van der Waals surface area (Å²) in [7, 11) is 2.96. The van der Waals surface area contributed by atoms with Crippen molar-refractivity contribution in [2.45, 2.75) is 19.4 Å². The first-order valence-corrected chi connectivity index (χ1v) is 8.92. The number of aryl methyl sites for hydroxylation is 1. The van der Waals surface area contributed by atoms with Crippen molar-refractivity contribution >= 4 is 22.9 Å². The van der Waals surface area contributed by atoms with Crippen LogP contribution in [0.15, 0.2) is 51.7 Å². The second-order valence-electron chi connectivity index (χ2n) is 6.19. The van der Waals surface area contributed by atoms with E-state index in [0.717, 1.165) is 0 Å². The van der Waals surface area contributed by atoms with Crippen LogP contribution in [0.2, 0.25) is 0 Å². The predicted octanol–water partition coefficient (Wildman–Crippen LogP) is 1.85. The number of hydrogen-bond acceptors (Lipinski definition) is 6. The molecular formula is C20H21N3O6. The minimum absolute atomic E-state index is 0.119. The Morgan fingerprint density at radius 2 is 1.72 bits per heavy atom. The van der Waals surface area contributed by atoms with E-state index in [-0.39, 0.29) is 17.9 Å². The van der Waals surface area contributed by atoms with Crippen molar-refractivity contribution in [1.82, 2.24) is 15.4 Å². The van der Waals surface area contributed by atoms with Crippen molar-refractivity contribution in [1.29, 1.82) is 0 Å². The number of nitrogens with zero attached hydrogens (tertiary/aromatic N) is 1. The lowest BCUT2D eigenvalue weighted by Gasteiger charge is -2.10. The molecule has 152 valence electrons. The van der Waals surface area contributed by atoms with Crippen molar-refractivity contribution in [3.8, 4) is 11.5 Å². The summed E-state index contributed by atoms with van der Waals surface area (Å²) in [5.41, 5.74) is 6.16. The molecule has 0 fully saturated rings. The summed E-state index contributed by atoms with van der Waals surface area (Å²) in [6, 6.07) is 11.8. The molecule has 9 heteroatoms. The number of methoxy groups -OCH3 is 2. The van der Waals surface area contributed by atoms with E-state index in [1.165, 1.54) is 30.9 Å². The maximum Gasteiger partial charge on any atom is 0.419 e. The summed E-state index contributed by atoms with van der Waals surface area (Å²) < 4.78 is 16.9. The highest BCUT2D eigenvalue weighted by Crippen LogP contribution is 2.22. The number of aromatic nitrogens is 1. The van der Waals surface area contributed by atoms with Crippen LogP contribution in [0.3, 0.4) is 0 Å². The Kier molecular flexibility index (Phi) is 6.18. The van der Waals surface area contributed by atoms with Gasteiger partial charge < -0.3 is 13.9 Å². The van der Waals surface area contributed by atoms with E-state index in [9.17, 15) is 14.4 Å². The van der Waals surface area contributed by atoms with Gasteiger partial charge in [0.2, 0.25) is 5.91 Å². The number of hydrogen-bond donors (Lipinski definition) is 2. The number of oxazole rings is 1. The normalized spacial score (nSPS) is 10.6. The number of ether oxygens (including phenoxy) is 2. The van der Waals surface area contributed by atoms with E-state index in [1.54, 1.807) is 24.3 Å². The fourth-order valence-corrected chi connectivity index (χ4v) is 2.82. The van der Waals surface area contributed by atoms with Gasteiger partial charge in [0.1, 0.15) is 11.5 Å². The van der Waals surface area contributed by atoms with Crippen LogP contribution in [0, 0.1) is 0 Å². The number of carbonyl (C=O) groups is 2. The van der Waals surface area contributed by atoms with Crippen molar-refractivity contribution in [2.24, 2.45) is 0 Å². The van der Waals surface area contributed by atoms with Gasteiger partial charge in [-0.25, -0.2) is 4.79 Å². The SMILES string of the molecule is COc1cc(OC)cc(C(=O)NNC(=O)CCCn2c(=O)oc3ccccc32)c1.